The van der Waals surface area contributed by atoms with E-state index in [2.05, 4.69) is 15.6 Å². The Morgan fingerprint density at radius 3 is 2.76 bits per heavy atom. The predicted molar refractivity (Wildman–Crippen MR) is 137 cm³/mol. The molecule has 4 aromatic rings. The highest BCUT2D eigenvalue weighted by atomic mass is 32.1. The lowest BCUT2D eigenvalue weighted by atomic mass is 10.1. The summed E-state index contributed by atoms with van der Waals surface area (Å²) in [6.07, 6.45) is 0.884. The quantitative estimate of drug-likeness (QED) is 0.237. The van der Waals surface area contributed by atoms with Crippen LogP contribution in [0.4, 0.5) is 5.69 Å². The fraction of sp³-hybridized carbons (Fsp3) is 0.160. The molecule has 33 heavy (non-hydrogen) atoms. The molecule has 0 saturated carbocycles. The number of phenols is 1. The molecule has 1 amide bonds. The Hall–Kier alpha value is -3.49. The van der Waals surface area contributed by atoms with Gasteiger partial charge in [0.25, 0.3) is 5.91 Å². The molecule has 3 N–H and O–H groups in total. The third-order valence-electron chi connectivity index (χ3n) is 4.88. The van der Waals surface area contributed by atoms with E-state index in [1.54, 1.807) is 37.3 Å². The SMILES string of the molecule is CCCOc1cccc(C(=O)NC(=S)Nc2cc(C)c(O)c(-c3nc4ccccc4s3)c2)c1. The zero-order valence-corrected chi connectivity index (χ0v) is 19.8. The number of aromatic hydroxyl groups is 1. The van der Waals surface area contributed by atoms with Gasteiger partial charge in [0.1, 0.15) is 16.5 Å². The molecular formula is C25H23N3O3S2. The second kappa shape index (κ2) is 9.97. The largest absolute Gasteiger partial charge is 0.507 e. The van der Waals surface area contributed by atoms with Gasteiger partial charge in [0.05, 0.1) is 22.4 Å². The molecule has 0 bridgehead atoms. The lowest BCUT2D eigenvalue weighted by Crippen LogP contribution is -2.34. The third kappa shape index (κ3) is 5.30. The third-order valence-corrected chi connectivity index (χ3v) is 6.15. The van der Waals surface area contributed by atoms with Crippen molar-refractivity contribution in [1.29, 1.82) is 0 Å². The first kappa shape index (κ1) is 22.7. The molecule has 0 aliphatic heterocycles. The van der Waals surface area contributed by atoms with Crippen LogP contribution in [0.25, 0.3) is 20.8 Å². The highest BCUT2D eigenvalue weighted by Gasteiger charge is 2.15. The fourth-order valence-corrected chi connectivity index (χ4v) is 4.48. The van der Waals surface area contributed by atoms with Crippen molar-refractivity contribution in [2.75, 3.05) is 11.9 Å². The van der Waals surface area contributed by atoms with Gasteiger partial charge in [-0.25, -0.2) is 4.98 Å². The van der Waals surface area contributed by atoms with Crippen molar-refractivity contribution >= 4 is 50.5 Å². The van der Waals surface area contributed by atoms with E-state index in [1.807, 2.05) is 37.3 Å². The Labute approximate surface area is 201 Å². The van der Waals surface area contributed by atoms with Crippen LogP contribution in [-0.2, 0) is 0 Å². The number of carbonyl (C=O) groups excluding carboxylic acids is 1. The maximum absolute atomic E-state index is 12.6. The van der Waals surface area contributed by atoms with Gasteiger partial charge in [-0.05, 0) is 73.6 Å². The number of aryl methyl sites for hydroxylation is 1. The first-order valence-corrected chi connectivity index (χ1v) is 11.7. The molecule has 4 rings (SSSR count). The van der Waals surface area contributed by atoms with Gasteiger partial charge in [-0.15, -0.1) is 11.3 Å². The minimum atomic E-state index is -0.337. The van der Waals surface area contributed by atoms with E-state index in [4.69, 9.17) is 17.0 Å². The van der Waals surface area contributed by atoms with E-state index in [9.17, 15) is 9.90 Å². The van der Waals surface area contributed by atoms with Gasteiger partial charge in [0.15, 0.2) is 5.11 Å². The topological polar surface area (TPSA) is 83.5 Å². The monoisotopic (exact) mass is 477 g/mol. The number of thiazole rings is 1. The second-order valence-electron chi connectivity index (χ2n) is 7.46. The van der Waals surface area contributed by atoms with Crippen molar-refractivity contribution < 1.29 is 14.6 Å². The zero-order chi connectivity index (χ0) is 23.4. The molecule has 0 saturated heterocycles. The normalized spacial score (nSPS) is 10.7. The highest BCUT2D eigenvalue weighted by Crippen LogP contribution is 2.38. The average Bonchev–Trinajstić information content (AvgIpc) is 3.24. The number of hydrogen-bond donors (Lipinski definition) is 3. The molecule has 6 nitrogen and oxygen atoms in total. The molecule has 0 aliphatic rings. The summed E-state index contributed by atoms with van der Waals surface area (Å²) in [4.78, 5) is 17.3. The Kier molecular flexibility index (Phi) is 6.86. The maximum atomic E-state index is 12.6. The summed E-state index contributed by atoms with van der Waals surface area (Å²) in [7, 11) is 0. The van der Waals surface area contributed by atoms with Gasteiger partial charge in [-0.3, -0.25) is 10.1 Å². The minimum absolute atomic E-state index is 0.153. The van der Waals surface area contributed by atoms with Crippen LogP contribution in [0.15, 0.2) is 60.7 Å². The summed E-state index contributed by atoms with van der Waals surface area (Å²) < 4.78 is 6.63. The lowest BCUT2D eigenvalue weighted by Gasteiger charge is -2.13. The van der Waals surface area contributed by atoms with Gasteiger partial charge < -0.3 is 15.2 Å². The molecule has 3 aromatic carbocycles. The van der Waals surface area contributed by atoms with Gasteiger partial charge in [-0.2, -0.15) is 0 Å². The molecule has 0 unspecified atom stereocenters. The molecular weight excluding hydrogens is 454 g/mol. The van der Waals surface area contributed by atoms with E-state index in [0.717, 1.165) is 16.6 Å². The van der Waals surface area contributed by atoms with Crippen LogP contribution in [0.5, 0.6) is 11.5 Å². The predicted octanol–water partition coefficient (Wildman–Crippen LogP) is 5.89. The van der Waals surface area contributed by atoms with Crippen LogP contribution in [-0.4, -0.2) is 27.7 Å². The molecule has 168 valence electrons. The number of hydrogen-bond acceptors (Lipinski definition) is 6. The van der Waals surface area contributed by atoms with Gasteiger partial charge in [-0.1, -0.05) is 25.1 Å². The number of ether oxygens (including phenoxy) is 1. The molecule has 0 radical (unpaired) electrons. The standard InChI is InChI=1S/C25H23N3O3S2/c1-3-11-31-18-8-6-7-16(13-18)23(30)28-25(32)26-17-12-15(2)22(29)19(14-17)24-27-20-9-4-5-10-21(20)33-24/h4-10,12-14,29H,3,11H2,1-2H3,(H2,26,28,30,32). The number of carbonyl (C=O) groups is 1. The molecule has 0 spiro atoms. The summed E-state index contributed by atoms with van der Waals surface area (Å²) in [5.74, 6) is 0.466. The van der Waals surface area contributed by atoms with Crippen LogP contribution in [0.2, 0.25) is 0 Å². The first-order chi connectivity index (χ1) is 15.9. The van der Waals surface area contributed by atoms with E-state index in [1.165, 1.54) is 11.3 Å². The van der Waals surface area contributed by atoms with Crippen molar-refractivity contribution in [2.45, 2.75) is 20.3 Å². The Balaban J connectivity index is 1.51. The number of rotatable bonds is 6. The Morgan fingerprint density at radius 2 is 1.97 bits per heavy atom. The van der Waals surface area contributed by atoms with E-state index in [-0.39, 0.29) is 16.8 Å². The molecule has 0 fully saturated rings. The van der Waals surface area contributed by atoms with E-state index >= 15 is 0 Å². The number of benzene rings is 3. The Morgan fingerprint density at radius 1 is 1.15 bits per heavy atom. The van der Waals surface area contributed by atoms with Crippen molar-refractivity contribution in [1.82, 2.24) is 10.3 Å². The van der Waals surface area contributed by atoms with Crippen LogP contribution >= 0.6 is 23.6 Å². The molecule has 1 aromatic heterocycles. The van der Waals surface area contributed by atoms with Crippen LogP contribution in [0.3, 0.4) is 0 Å². The molecule has 1 heterocycles. The lowest BCUT2D eigenvalue weighted by molar-refractivity contribution is 0.0977. The summed E-state index contributed by atoms with van der Waals surface area (Å²) >= 11 is 6.86. The Bertz CT molecular complexity index is 1300. The summed E-state index contributed by atoms with van der Waals surface area (Å²) in [6.45, 7) is 4.41. The summed E-state index contributed by atoms with van der Waals surface area (Å²) in [6, 6.07) is 18.3. The summed E-state index contributed by atoms with van der Waals surface area (Å²) in [5, 5.41) is 17.2. The van der Waals surface area contributed by atoms with E-state index < -0.39 is 0 Å². The smallest absolute Gasteiger partial charge is 0.257 e. The van der Waals surface area contributed by atoms with Crippen LogP contribution < -0.4 is 15.4 Å². The number of phenolic OH excluding ortho intramolecular Hbond substituents is 1. The zero-order valence-electron chi connectivity index (χ0n) is 18.2. The van der Waals surface area contributed by atoms with Crippen LogP contribution in [0.1, 0.15) is 29.3 Å². The highest BCUT2D eigenvalue weighted by molar-refractivity contribution is 7.80. The average molecular weight is 478 g/mol. The van der Waals surface area contributed by atoms with Crippen molar-refractivity contribution in [2.24, 2.45) is 0 Å². The number of nitrogens with zero attached hydrogens (tertiary/aromatic N) is 1. The van der Waals surface area contributed by atoms with Gasteiger partial charge in [0.2, 0.25) is 0 Å². The van der Waals surface area contributed by atoms with Gasteiger partial charge >= 0.3 is 0 Å². The fourth-order valence-electron chi connectivity index (χ4n) is 3.29. The van der Waals surface area contributed by atoms with Crippen molar-refractivity contribution in [3.8, 4) is 22.1 Å². The van der Waals surface area contributed by atoms with Crippen molar-refractivity contribution in [3.63, 3.8) is 0 Å². The number of fused-ring (bicyclic) bond motifs is 1. The second-order valence-corrected chi connectivity index (χ2v) is 8.90. The number of anilines is 1. The first-order valence-electron chi connectivity index (χ1n) is 10.5. The maximum Gasteiger partial charge on any atom is 0.257 e. The molecule has 0 aliphatic carbocycles. The van der Waals surface area contributed by atoms with Crippen molar-refractivity contribution in [3.05, 3.63) is 71.8 Å². The molecule has 0 atom stereocenters. The number of aromatic nitrogens is 1. The summed E-state index contributed by atoms with van der Waals surface area (Å²) in [5.41, 5.74) is 3.24. The molecule has 8 heteroatoms. The number of thiocarbonyl (C=S) groups is 1. The number of amides is 1. The van der Waals surface area contributed by atoms with Gasteiger partial charge in [0, 0.05) is 11.3 Å². The number of nitrogens with one attached hydrogen (secondary N) is 2. The minimum Gasteiger partial charge on any atom is -0.507 e. The number of para-hydroxylation sites is 1. The van der Waals surface area contributed by atoms with Crippen LogP contribution in [0, 0.1) is 6.92 Å². The van der Waals surface area contributed by atoms with E-state index in [0.29, 0.717) is 39.7 Å².